The summed E-state index contributed by atoms with van der Waals surface area (Å²) in [6, 6.07) is 7.76. The zero-order valence-electron chi connectivity index (χ0n) is 12.5. The largest absolute Gasteiger partial charge is 0.481 e. The number of carboxylic acid groups (broad SMARTS) is 1. The molecule has 0 bridgehead atoms. The number of benzene rings is 2. The molecular weight excluding hydrogens is 364 g/mol. The Labute approximate surface area is 146 Å². The predicted molar refractivity (Wildman–Crippen MR) is 87.6 cm³/mol. The van der Waals surface area contributed by atoms with Gasteiger partial charge in [-0.05, 0) is 41.3 Å². The number of alkyl halides is 3. The quantitative estimate of drug-likeness (QED) is 0.683. The number of hydrogen-bond acceptors (Lipinski definition) is 1. The molecule has 2 rings (SSSR count). The van der Waals surface area contributed by atoms with Crippen molar-refractivity contribution in [3.8, 4) is 11.1 Å². The van der Waals surface area contributed by atoms with Gasteiger partial charge in [0.1, 0.15) is 0 Å². The normalized spacial score (nSPS) is 12.9. The van der Waals surface area contributed by atoms with E-state index >= 15 is 0 Å². The van der Waals surface area contributed by atoms with Crippen LogP contribution in [0.25, 0.3) is 11.1 Å². The van der Waals surface area contributed by atoms with E-state index in [2.05, 4.69) is 0 Å². The zero-order chi connectivity index (χ0) is 18.1. The minimum atomic E-state index is -4.63. The van der Waals surface area contributed by atoms with Crippen molar-refractivity contribution in [2.75, 3.05) is 0 Å². The van der Waals surface area contributed by atoms with Gasteiger partial charge in [0.2, 0.25) is 0 Å². The van der Waals surface area contributed by atoms with Gasteiger partial charge in [-0.15, -0.1) is 0 Å². The molecule has 7 heteroatoms. The third-order valence-corrected chi connectivity index (χ3v) is 4.43. The molecule has 0 fully saturated rings. The lowest BCUT2D eigenvalue weighted by Gasteiger charge is -2.17. The maximum atomic E-state index is 13.5. The first-order valence-corrected chi connectivity index (χ1v) is 7.80. The molecule has 2 aromatic rings. The average Bonchev–Trinajstić information content (AvgIpc) is 2.49. The number of carboxylic acids is 1. The van der Waals surface area contributed by atoms with Crippen LogP contribution in [-0.4, -0.2) is 11.1 Å². The molecule has 1 N–H and O–H groups in total. The summed E-state index contributed by atoms with van der Waals surface area (Å²) in [4.78, 5) is 11.2. The summed E-state index contributed by atoms with van der Waals surface area (Å²) in [5.41, 5.74) is -0.615. The monoisotopic (exact) mass is 376 g/mol. The molecule has 2 aromatic carbocycles. The molecule has 0 saturated heterocycles. The highest BCUT2D eigenvalue weighted by Gasteiger charge is 2.35. The van der Waals surface area contributed by atoms with Gasteiger partial charge < -0.3 is 5.11 Å². The van der Waals surface area contributed by atoms with Crippen LogP contribution in [0.15, 0.2) is 36.4 Å². The fourth-order valence-electron chi connectivity index (χ4n) is 2.48. The molecule has 0 saturated carbocycles. The summed E-state index contributed by atoms with van der Waals surface area (Å²) in [7, 11) is 0. The Morgan fingerprint density at radius 3 is 2.29 bits per heavy atom. The van der Waals surface area contributed by atoms with E-state index in [4.69, 9.17) is 28.3 Å². The Balaban J connectivity index is 2.64. The highest BCUT2D eigenvalue weighted by atomic mass is 35.5. The molecule has 0 aliphatic carbocycles. The Bertz CT molecular complexity index is 773. The summed E-state index contributed by atoms with van der Waals surface area (Å²) in [5, 5.41) is 9.54. The van der Waals surface area contributed by atoms with Crippen LogP contribution < -0.4 is 0 Å². The summed E-state index contributed by atoms with van der Waals surface area (Å²) < 4.78 is 40.4. The molecule has 1 unspecified atom stereocenters. The van der Waals surface area contributed by atoms with Crippen molar-refractivity contribution in [3.63, 3.8) is 0 Å². The average molecular weight is 377 g/mol. The fraction of sp³-hybridized carbons (Fsp3) is 0.235. The summed E-state index contributed by atoms with van der Waals surface area (Å²) >= 11 is 11.7. The second-order valence-electron chi connectivity index (χ2n) is 5.23. The van der Waals surface area contributed by atoms with Crippen LogP contribution in [0, 0.1) is 0 Å². The van der Waals surface area contributed by atoms with Crippen LogP contribution >= 0.6 is 23.2 Å². The van der Waals surface area contributed by atoms with Gasteiger partial charge in [-0.25, -0.2) is 0 Å². The molecule has 0 aromatic heterocycles. The SMILES string of the molecule is CCC(C(=O)O)c1ccc(-c2ccc(Cl)c(Cl)c2)c(C(F)(F)F)c1. The van der Waals surface area contributed by atoms with E-state index in [1.54, 1.807) is 6.92 Å². The molecule has 0 aliphatic heterocycles. The van der Waals surface area contributed by atoms with Crippen molar-refractivity contribution in [1.29, 1.82) is 0 Å². The van der Waals surface area contributed by atoms with E-state index < -0.39 is 23.6 Å². The molecular formula is C17H13Cl2F3O2. The Morgan fingerprint density at radius 2 is 1.79 bits per heavy atom. The molecule has 24 heavy (non-hydrogen) atoms. The Morgan fingerprint density at radius 1 is 1.12 bits per heavy atom. The molecule has 1 atom stereocenters. The fourth-order valence-corrected chi connectivity index (χ4v) is 2.78. The van der Waals surface area contributed by atoms with E-state index in [0.717, 1.165) is 6.07 Å². The standard InChI is InChI=1S/C17H13Cl2F3O2/c1-2-11(16(23)24)9-3-5-12(13(7-9)17(20,21)22)10-4-6-14(18)15(19)8-10/h3-8,11H,2H2,1H3,(H,23,24). The van der Waals surface area contributed by atoms with Gasteiger partial charge in [0.25, 0.3) is 0 Å². The number of aliphatic carboxylic acids is 1. The van der Waals surface area contributed by atoms with Crippen molar-refractivity contribution in [2.45, 2.75) is 25.4 Å². The topological polar surface area (TPSA) is 37.3 Å². The lowest BCUT2D eigenvalue weighted by molar-refractivity contribution is -0.140. The maximum Gasteiger partial charge on any atom is 0.417 e. The summed E-state index contributed by atoms with van der Waals surface area (Å²) in [5.74, 6) is -2.15. The molecule has 0 aliphatic rings. The van der Waals surface area contributed by atoms with E-state index in [1.165, 1.54) is 30.3 Å². The lowest BCUT2D eigenvalue weighted by atomic mass is 9.90. The van der Waals surface area contributed by atoms with Gasteiger partial charge in [-0.3, -0.25) is 4.79 Å². The minimum absolute atomic E-state index is 0.0786. The van der Waals surface area contributed by atoms with E-state index in [-0.39, 0.29) is 33.2 Å². The van der Waals surface area contributed by atoms with Crippen molar-refractivity contribution in [1.82, 2.24) is 0 Å². The first-order valence-electron chi connectivity index (χ1n) is 7.04. The lowest BCUT2D eigenvalue weighted by Crippen LogP contribution is -2.13. The zero-order valence-corrected chi connectivity index (χ0v) is 14.0. The summed E-state index contributed by atoms with van der Waals surface area (Å²) in [6.07, 6.45) is -4.44. The second kappa shape index (κ2) is 7.03. The third-order valence-electron chi connectivity index (χ3n) is 3.69. The molecule has 0 radical (unpaired) electrons. The van der Waals surface area contributed by atoms with Crippen LogP contribution in [0.4, 0.5) is 13.2 Å². The minimum Gasteiger partial charge on any atom is -0.481 e. The predicted octanol–water partition coefficient (Wildman–Crippen LogP) is 6.26. The maximum absolute atomic E-state index is 13.5. The van der Waals surface area contributed by atoms with Gasteiger partial charge in [-0.2, -0.15) is 13.2 Å². The molecule has 0 heterocycles. The Kier molecular flexibility index (Phi) is 5.45. The molecule has 128 valence electrons. The van der Waals surface area contributed by atoms with Crippen LogP contribution in [0.2, 0.25) is 10.0 Å². The number of halogens is 5. The van der Waals surface area contributed by atoms with Crippen LogP contribution in [0.5, 0.6) is 0 Å². The van der Waals surface area contributed by atoms with Crippen LogP contribution in [0.3, 0.4) is 0 Å². The molecule has 2 nitrogen and oxygen atoms in total. The van der Waals surface area contributed by atoms with E-state index in [1.807, 2.05) is 0 Å². The van der Waals surface area contributed by atoms with Crippen LogP contribution in [0.1, 0.15) is 30.4 Å². The molecule has 0 amide bonds. The van der Waals surface area contributed by atoms with Gasteiger partial charge in [0.15, 0.2) is 0 Å². The van der Waals surface area contributed by atoms with Gasteiger partial charge in [0, 0.05) is 0 Å². The smallest absolute Gasteiger partial charge is 0.417 e. The first-order chi connectivity index (χ1) is 11.1. The summed E-state index contributed by atoms with van der Waals surface area (Å²) in [6.45, 7) is 1.61. The van der Waals surface area contributed by atoms with E-state index in [9.17, 15) is 18.0 Å². The third kappa shape index (κ3) is 3.84. The highest BCUT2D eigenvalue weighted by molar-refractivity contribution is 6.42. The van der Waals surface area contributed by atoms with Gasteiger partial charge in [-0.1, -0.05) is 48.3 Å². The Hall–Kier alpha value is -1.72. The van der Waals surface area contributed by atoms with Crippen LogP contribution in [-0.2, 0) is 11.0 Å². The van der Waals surface area contributed by atoms with Crippen molar-refractivity contribution in [2.24, 2.45) is 0 Å². The van der Waals surface area contributed by atoms with Gasteiger partial charge >= 0.3 is 12.1 Å². The van der Waals surface area contributed by atoms with Crippen molar-refractivity contribution in [3.05, 3.63) is 57.6 Å². The number of hydrogen-bond donors (Lipinski definition) is 1. The first kappa shape index (κ1) is 18.6. The van der Waals surface area contributed by atoms with Gasteiger partial charge in [0.05, 0.1) is 21.5 Å². The van der Waals surface area contributed by atoms with Crippen molar-refractivity contribution < 1.29 is 23.1 Å². The second-order valence-corrected chi connectivity index (χ2v) is 6.05. The highest BCUT2D eigenvalue weighted by Crippen LogP contribution is 2.40. The number of carbonyl (C=O) groups is 1. The van der Waals surface area contributed by atoms with E-state index in [0.29, 0.717) is 0 Å². The molecule has 0 spiro atoms. The van der Waals surface area contributed by atoms with Crippen molar-refractivity contribution >= 4 is 29.2 Å². The number of rotatable bonds is 4.